The summed E-state index contributed by atoms with van der Waals surface area (Å²) in [6.45, 7) is 7.97. The Morgan fingerprint density at radius 3 is 2.68 bits per heavy atom. The quantitative estimate of drug-likeness (QED) is 0.317. The number of rotatable bonds is 12. The highest BCUT2D eigenvalue weighted by molar-refractivity contribution is 6.30. The van der Waals surface area contributed by atoms with E-state index in [2.05, 4.69) is 32.7 Å². The zero-order valence-electron chi connectivity index (χ0n) is 16.7. The van der Waals surface area contributed by atoms with Crippen molar-refractivity contribution in [1.29, 1.82) is 0 Å². The number of nitrogens with one attached hydrogen (secondary N) is 2. The summed E-state index contributed by atoms with van der Waals surface area (Å²) in [5, 5.41) is 11.2. The van der Waals surface area contributed by atoms with Gasteiger partial charge in [0.2, 0.25) is 11.7 Å². The Hall–Kier alpha value is -2.12. The fourth-order valence-corrected chi connectivity index (χ4v) is 2.53. The highest BCUT2D eigenvalue weighted by atomic mass is 35.5. The maximum absolute atomic E-state index is 5.91. The van der Waals surface area contributed by atoms with E-state index in [0.717, 1.165) is 57.1 Å². The molecular formula is C20H30ClN5O2. The van der Waals surface area contributed by atoms with Crippen LogP contribution in [0.1, 0.15) is 39.0 Å². The number of halogens is 1. The van der Waals surface area contributed by atoms with Crippen LogP contribution in [0.2, 0.25) is 5.02 Å². The second-order valence-electron chi connectivity index (χ2n) is 6.28. The summed E-state index contributed by atoms with van der Waals surface area (Å²) in [5.74, 6) is 1.93. The molecule has 0 aliphatic carbocycles. The van der Waals surface area contributed by atoms with Crippen LogP contribution in [0.4, 0.5) is 0 Å². The fraction of sp³-hybridized carbons (Fsp3) is 0.550. The van der Waals surface area contributed by atoms with Crippen molar-refractivity contribution in [2.75, 3.05) is 32.8 Å². The second kappa shape index (κ2) is 13.1. The van der Waals surface area contributed by atoms with Gasteiger partial charge >= 0.3 is 0 Å². The summed E-state index contributed by atoms with van der Waals surface area (Å²) in [4.78, 5) is 8.99. The highest BCUT2D eigenvalue weighted by Gasteiger charge is 2.08. The van der Waals surface area contributed by atoms with Gasteiger partial charge in [-0.1, -0.05) is 30.1 Å². The number of hydrogen-bond donors (Lipinski definition) is 2. The summed E-state index contributed by atoms with van der Waals surface area (Å²) in [7, 11) is 0. The fourth-order valence-electron chi connectivity index (χ4n) is 2.41. The van der Waals surface area contributed by atoms with Gasteiger partial charge < -0.3 is 19.9 Å². The van der Waals surface area contributed by atoms with Gasteiger partial charge in [-0.15, -0.1) is 0 Å². The van der Waals surface area contributed by atoms with Crippen molar-refractivity contribution < 1.29 is 9.26 Å². The minimum atomic E-state index is 0.565. The molecule has 0 saturated heterocycles. The predicted molar refractivity (Wildman–Crippen MR) is 113 cm³/mol. The standard InChI is InChI=1S/C20H30ClN5O2/c1-3-5-14-27-15-6-12-23-20(22-4-2)24-13-11-18-25-19(26-28-18)16-7-9-17(21)10-8-16/h7-10H,3-6,11-15H2,1-2H3,(H2,22,23,24). The predicted octanol–water partition coefficient (Wildman–Crippen LogP) is 3.69. The lowest BCUT2D eigenvalue weighted by molar-refractivity contribution is 0.130. The largest absolute Gasteiger partial charge is 0.381 e. The Morgan fingerprint density at radius 1 is 1.14 bits per heavy atom. The Kier molecular flexibility index (Phi) is 10.4. The van der Waals surface area contributed by atoms with Crippen LogP contribution in [0.25, 0.3) is 11.4 Å². The number of guanidine groups is 1. The molecule has 0 bridgehead atoms. The average Bonchev–Trinajstić information content (AvgIpc) is 3.16. The first kappa shape index (κ1) is 22.2. The molecule has 0 aliphatic rings. The van der Waals surface area contributed by atoms with E-state index < -0.39 is 0 Å². The minimum Gasteiger partial charge on any atom is -0.381 e. The molecule has 2 rings (SSSR count). The molecule has 0 radical (unpaired) electrons. The Bertz CT molecular complexity index is 703. The first-order valence-electron chi connectivity index (χ1n) is 9.91. The van der Waals surface area contributed by atoms with Crippen molar-refractivity contribution >= 4 is 17.6 Å². The molecule has 1 aromatic carbocycles. The van der Waals surface area contributed by atoms with Gasteiger partial charge in [0.05, 0.1) is 0 Å². The third-order valence-electron chi connectivity index (χ3n) is 3.90. The molecule has 0 atom stereocenters. The molecule has 1 heterocycles. The van der Waals surface area contributed by atoms with E-state index in [0.29, 0.717) is 29.7 Å². The lowest BCUT2D eigenvalue weighted by Crippen LogP contribution is -2.38. The lowest BCUT2D eigenvalue weighted by atomic mass is 10.2. The lowest BCUT2D eigenvalue weighted by Gasteiger charge is -2.10. The number of hydrogen-bond acceptors (Lipinski definition) is 5. The molecule has 0 saturated carbocycles. The van der Waals surface area contributed by atoms with Gasteiger partial charge in [-0.05, 0) is 44.0 Å². The Labute approximate surface area is 171 Å². The van der Waals surface area contributed by atoms with E-state index in [1.807, 2.05) is 31.2 Å². The summed E-state index contributed by atoms with van der Waals surface area (Å²) >= 11 is 5.91. The van der Waals surface area contributed by atoms with E-state index in [1.165, 1.54) is 0 Å². The first-order valence-corrected chi connectivity index (χ1v) is 10.3. The van der Waals surface area contributed by atoms with Crippen molar-refractivity contribution in [3.8, 4) is 11.4 Å². The molecule has 154 valence electrons. The molecule has 0 spiro atoms. The van der Waals surface area contributed by atoms with E-state index in [9.17, 15) is 0 Å². The summed E-state index contributed by atoms with van der Waals surface area (Å²) in [6.07, 6.45) is 3.80. The van der Waals surface area contributed by atoms with Crippen molar-refractivity contribution in [3.05, 3.63) is 35.2 Å². The van der Waals surface area contributed by atoms with Crippen LogP contribution < -0.4 is 10.6 Å². The monoisotopic (exact) mass is 407 g/mol. The van der Waals surface area contributed by atoms with Gasteiger partial charge in [0, 0.05) is 49.9 Å². The molecule has 2 N–H and O–H groups in total. The maximum atomic E-state index is 5.91. The smallest absolute Gasteiger partial charge is 0.228 e. The van der Waals surface area contributed by atoms with Crippen LogP contribution in [0.15, 0.2) is 33.8 Å². The molecule has 2 aromatic rings. The van der Waals surface area contributed by atoms with E-state index in [1.54, 1.807) is 0 Å². The molecular weight excluding hydrogens is 378 g/mol. The summed E-state index contributed by atoms with van der Waals surface area (Å²) in [5.41, 5.74) is 0.878. The van der Waals surface area contributed by atoms with Crippen molar-refractivity contribution in [2.45, 2.75) is 39.5 Å². The third-order valence-corrected chi connectivity index (χ3v) is 4.16. The molecule has 0 unspecified atom stereocenters. The third kappa shape index (κ3) is 8.27. The number of aromatic nitrogens is 2. The molecule has 0 fully saturated rings. The second-order valence-corrected chi connectivity index (χ2v) is 6.71. The van der Waals surface area contributed by atoms with Gasteiger partial charge in [-0.25, -0.2) is 0 Å². The Morgan fingerprint density at radius 2 is 1.93 bits per heavy atom. The summed E-state index contributed by atoms with van der Waals surface area (Å²) < 4.78 is 10.9. The van der Waals surface area contributed by atoms with E-state index in [4.69, 9.17) is 20.9 Å². The number of ether oxygens (including phenoxy) is 1. The molecule has 7 nitrogen and oxygen atoms in total. The molecule has 28 heavy (non-hydrogen) atoms. The average molecular weight is 408 g/mol. The van der Waals surface area contributed by atoms with Crippen LogP contribution in [-0.4, -0.2) is 48.9 Å². The highest BCUT2D eigenvalue weighted by Crippen LogP contribution is 2.18. The number of unbranched alkanes of at least 4 members (excludes halogenated alkanes) is 1. The number of benzene rings is 1. The van der Waals surface area contributed by atoms with Crippen LogP contribution in [0.3, 0.4) is 0 Å². The topological polar surface area (TPSA) is 84.6 Å². The first-order chi connectivity index (χ1) is 13.7. The van der Waals surface area contributed by atoms with Crippen LogP contribution >= 0.6 is 11.6 Å². The van der Waals surface area contributed by atoms with Crippen LogP contribution in [0, 0.1) is 0 Å². The Balaban J connectivity index is 1.73. The maximum Gasteiger partial charge on any atom is 0.228 e. The molecule has 8 heteroatoms. The zero-order chi connectivity index (χ0) is 20.0. The van der Waals surface area contributed by atoms with E-state index in [-0.39, 0.29) is 0 Å². The zero-order valence-corrected chi connectivity index (χ0v) is 17.5. The summed E-state index contributed by atoms with van der Waals surface area (Å²) in [6, 6.07) is 7.36. The van der Waals surface area contributed by atoms with Crippen LogP contribution in [-0.2, 0) is 11.2 Å². The van der Waals surface area contributed by atoms with Crippen molar-refractivity contribution in [2.24, 2.45) is 4.99 Å². The van der Waals surface area contributed by atoms with Gasteiger partial charge in [0.15, 0.2) is 5.96 Å². The van der Waals surface area contributed by atoms with Gasteiger partial charge in [-0.2, -0.15) is 4.98 Å². The van der Waals surface area contributed by atoms with Gasteiger partial charge in [0.1, 0.15) is 0 Å². The van der Waals surface area contributed by atoms with Crippen molar-refractivity contribution in [3.63, 3.8) is 0 Å². The van der Waals surface area contributed by atoms with Crippen LogP contribution in [0.5, 0.6) is 0 Å². The minimum absolute atomic E-state index is 0.565. The van der Waals surface area contributed by atoms with E-state index >= 15 is 0 Å². The molecule has 0 aliphatic heterocycles. The van der Waals surface area contributed by atoms with Gasteiger partial charge in [0.25, 0.3) is 0 Å². The molecule has 0 amide bonds. The van der Waals surface area contributed by atoms with Crippen molar-refractivity contribution in [1.82, 2.24) is 20.8 Å². The number of nitrogens with zero attached hydrogens (tertiary/aromatic N) is 3. The SMILES string of the molecule is CCCCOCCCN=C(NCC)NCCc1nc(-c2ccc(Cl)cc2)no1. The van der Waals surface area contributed by atoms with Gasteiger partial charge in [-0.3, -0.25) is 4.99 Å². The number of aliphatic imine (C=N–C) groups is 1. The molecule has 1 aromatic heterocycles. The normalized spacial score (nSPS) is 11.6.